The van der Waals surface area contributed by atoms with Gasteiger partial charge in [0.2, 0.25) is 0 Å². The summed E-state index contributed by atoms with van der Waals surface area (Å²) in [5, 5.41) is 9.91. The highest BCUT2D eigenvalue weighted by atomic mass is 31.2. The van der Waals surface area contributed by atoms with Crippen molar-refractivity contribution in [3.8, 4) is 23.7 Å². The van der Waals surface area contributed by atoms with E-state index < -0.39 is 7.14 Å². The van der Waals surface area contributed by atoms with Crippen molar-refractivity contribution >= 4 is 42.9 Å². The average Bonchev–Trinajstić information content (AvgIpc) is 1.65. The largest absolute Gasteiger partial charge is 0.469 e. The number of aliphatic hydroxyl groups is 1. The number of aliphatic hydroxyl groups excluding tert-OH is 1. The maximum Gasteiger partial charge on any atom is 0.305 e. The number of rotatable bonds is 28. The first-order valence-corrected chi connectivity index (χ1v) is 39.3. The molecular weight excluding hydrogens is 1240 g/mol. The molecule has 6 saturated carbocycles. The SMILES string of the molecule is CC#CCC(C)C(=O)/C=C/[C@@H]1[C@H]2C/C(=C/CCCC(=O)OC)C[C@H]2C[C@H]1OC1CCCCO1.CC#CCC(C)C(=O)CP(C)(C)=O.COC(=O)CCC/C=C1\C[C@H]2C[C@@H](OC3CCCCO3)[C@H](C=O)[C@H]2C1.COC(=O)CCC/C=C1\C[C@H]2C[C@@H](OC3CCCCO3)[C@H](CO)[C@H]2C1. The maximum atomic E-state index is 12.6. The van der Waals surface area contributed by atoms with Gasteiger partial charge in [0, 0.05) is 88.1 Å². The molecule has 18 heteroatoms. The van der Waals surface area contributed by atoms with Gasteiger partial charge in [-0.2, -0.15) is 0 Å². The van der Waals surface area contributed by atoms with Crippen LogP contribution in [0.5, 0.6) is 0 Å². The number of carbonyl (C=O) groups excluding carboxylic acids is 6. The Morgan fingerprint density at radius 1 is 0.562 bits per heavy atom. The molecule has 3 saturated heterocycles. The van der Waals surface area contributed by atoms with Gasteiger partial charge in [0.15, 0.2) is 24.7 Å². The lowest BCUT2D eigenvalue weighted by Gasteiger charge is -2.29. The molecule has 3 heterocycles. The summed E-state index contributed by atoms with van der Waals surface area (Å²) >= 11 is 0. The minimum atomic E-state index is -2.21. The fourth-order valence-electron chi connectivity index (χ4n) is 15.8. The van der Waals surface area contributed by atoms with E-state index in [1.54, 1.807) is 26.3 Å². The second-order valence-corrected chi connectivity index (χ2v) is 32.2. The van der Waals surface area contributed by atoms with Crippen LogP contribution in [0.4, 0.5) is 0 Å². The van der Waals surface area contributed by atoms with Gasteiger partial charge in [-0.25, -0.2) is 0 Å². The molecule has 9 rings (SSSR count). The molecule has 0 amide bonds. The first kappa shape index (κ1) is 80.4. The standard InChI is InChI=1S/C28H40O5.C20H32O5.C20H30O5.C10H17O2P/c1-4-5-10-20(2)25(29)15-14-23-24-18-21(11-6-7-12-27(30)31-3)17-22(24)19-26(23)33-28-13-8-9-16-32-28;2*1-23-19(22)7-3-2-6-14-10-15-12-18(17(13-21)16(15)11-14)25-20-8-4-5-9-24-20;1-5-6-7-9(2)10(11)8-13(3,4)12/h11,14-15,20,22-24,26,28H,6-10,12-13,16-19H2,1-3H3;6,15-18,20-21H,2-5,7-13H2,1H3;6,13,15-18,20H,2-5,7-12H2,1H3;9H,7-8H2,1-4H3/b15-14+,21-11+;2*14-6+;/t20?,22-,23+,24-,26+,28?;2*15-,16-,17+,18+,20?;/m000./s1. The smallest absolute Gasteiger partial charge is 0.305 e. The van der Waals surface area contributed by atoms with Gasteiger partial charge in [-0.3, -0.25) is 24.0 Å². The van der Waals surface area contributed by atoms with Crippen LogP contribution in [0.15, 0.2) is 47.1 Å². The molecule has 9 aliphatic rings. The van der Waals surface area contributed by atoms with Crippen LogP contribution < -0.4 is 0 Å². The van der Waals surface area contributed by atoms with Gasteiger partial charge >= 0.3 is 17.9 Å². The van der Waals surface area contributed by atoms with Crippen molar-refractivity contribution in [3.63, 3.8) is 0 Å². The number of fused-ring (bicyclic) bond motifs is 3. The number of allylic oxidation sites excluding steroid dienone is 7. The van der Waals surface area contributed by atoms with E-state index in [2.05, 4.69) is 57.5 Å². The van der Waals surface area contributed by atoms with Gasteiger partial charge < -0.3 is 57.1 Å². The van der Waals surface area contributed by atoms with E-state index in [1.807, 2.05) is 20.8 Å². The zero-order valence-corrected chi connectivity index (χ0v) is 60.6. The number of hydrogen-bond acceptors (Lipinski definition) is 17. The molecule has 0 radical (unpaired) electrons. The predicted octanol–water partition coefficient (Wildman–Crippen LogP) is 14.2. The number of Topliss-reactive ketones (excluding diaryl/α,β-unsaturated/α-hetero) is 1. The Labute approximate surface area is 575 Å². The fourth-order valence-corrected chi connectivity index (χ4v) is 16.9. The van der Waals surface area contributed by atoms with Gasteiger partial charge in [-0.1, -0.05) is 54.9 Å². The van der Waals surface area contributed by atoms with Crippen LogP contribution in [0.2, 0.25) is 0 Å². The lowest BCUT2D eigenvalue weighted by atomic mass is 9.89. The van der Waals surface area contributed by atoms with Crippen molar-refractivity contribution in [2.24, 2.45) is 65.1 Å². The van der Waals surface area contributed by atoms with Crippen LogP contribution in [0.3, 0.4) is 0 Å². The second kappa shape index (κ2) is 43.2. The van der Waals surface area contributed by atoms with Crippen molar-refractivity contribution in [3.05, 3.63) is 47.1 Å². The van der Waals surface area contributed by atoms with E-state index >= 15 is 0 Å². The normalized spacial score (nSPS) is 31.5. The van der Waals surface area contributed by atoms with Crippen LogP contribution in [-0.4, -0.2) is 145 Å². The Kier molecular flexibility index (Phi) is 36.2. The lowest BCUT2D eigenvalue weighted by molar-refractivity contribution is -0.198. The molecule has 9 fully saturated rings. The van der Waals surface area contributed by atoms with E-state index in [9.17, 15) is 38.4 Å². The highest BCUT2D eigenvalue weighted by molar-refractivity contribution is 7.63. The monoisotopic (exact) mass is 1360 g/mol. The maximum absolute atomic E-state index is 12.6. The third-order valence-electron chi connectivity index (χ3n) is 21.1. The number of aldehydes is 1. The molecule has 538 valence electrons. The van der Waals surface area contributed by atoms with Crippen LogP contribution in [0.1, 0.15) is 214 Å². The van der Waals surface area contributed by atoms with Crippen molar-refractivity contribution < 1.29 is 81.1 Å². The molecule has 17 nitrogen and oxygen atoms in total. The highest BCUT2D eigenvalue weighted by Gasteiger charge is 2.50. The summed E-state index contributed by atoms with van der Waals surface area (Å²) < 4.78 is 61.5. The fraction of sp³-hybridized carbons (Fsp3) is 0.769. The predicted molar refractivity (Wildman–Crippen MR) is 371 cm³/mol. The molecule has 0 aromatic rings. The Balaban J connectivity index is 0.000000211. The molecule has 0 spiro atoms. The summed E-state index contributed by atoms with van der Waals surface area (Å²) in [6, 6.07) is 0. The zero-order chi connectivity index (χ0) is 69.4. The quantitative estimate of drug-likeness (QED) is 0.0112. The summed E-state index contributed by atoms with van der Waals surface area (Å²) in [5.41, 5.74) is 4.42. The molecule has 5 unspecified atom stereocenters. The Morgan fingerprint density at radius 2 is 0.958 bits per heavy atom. The van der Waals surface area contributed by atoms with Crippen molar-refractivity contribution in [1.29, 1.82) is 0 Å². The summed E-state index contributed by atoms with van der Waals surface area (Å²) in [4.78, 5) is 69.4. The molecule has 96 heavy (non-hydrogen) atoms. The molecule has 0 aromatic carbocycles. The van der Waals surface area contributed by atoms with Crippen molar-refractivity contribution in [2.75, 3.05) is 67.2 Å². The molecule has 0 aromatic heterocycles. The lowest BCUT2D eigenvalue weighted by Crippen LogP contribution is -2.32. The zero-order valence-electron chi connectivity index (χ0n) is 59.7. The number of methoxy groups -OCH3 is 3. The van der Waals surface area contributed by atoms with Crippen molar-refractivity contribution in [2.45, 2.75) is 251 Å². The van der Waals surface area contributed by atoms with E-state index in [0.717, 1.165) is 174 Å². The van der Waals surface area contributed by atoms with E-state index in [0.29, 0.717) is 67.6 Å². The van der Waals surface area contributed by atoms with Gasteiger partial charge in [-0.15, -0.1) is 23.7 Å². The third-order valence-corrected chi connectivity index (χ3v) is 22.2. The Bertz CT molecular complexity index is 2740. The van der Waals surface area contributed by atoms with E-state index in [-0.39, 0.29) is 109 Å². The molecule has 3 aliphatic heterocycles. The van der Waals surface area contributed by atoms with Crippen molar-refractivity contribution in [1.82, 2.24) is 0 Å². The van der Waals surface area contributed by atoms with Gasteiger partial charge in [0.1, 0.15) is 12.1 Å². The number of unbranched alkanes of at least 4 members (excludes halogenated alkanes) is 3. The van der Waals surface area contributed by atoms with Crippen LogP contribution in [0.25, 0.3) is 0 Å². The van der Waals surface area contributed by atoms with Gasteiger partial charge in [-0.05, 0) is 223 Å². The molecule has 6 aliphatic carbocycles. The Hall–Kier alpha value is -4.55. The summed E-state index contributed by atoms with van der Waals surface area (Å²) in [6.07, 6.45) is 39.1. The number of ketones is 2. The van der Waals surface area contributed by atoms with E-state index in [4.69, 9.17) is 33.2 Å². The summed E-state index contributed by atoms with van der Waals surface area (Å²) in [6.45, 7) is 13.2. The molecule has 17 atom stereocenters. The number of ether oxygens (including phenoxy) is 9. The van der Waals surface area contributed by atoms with Gasteiger partial charge in [0.25, 0.3) is 0 Å². The average molecular weight is 1360 g/mol. The molecule has 0 bridgehead atoms. The number of hydrogen-bond donors (Lipinski definition) is 1. The number of esters is 3. The van der Waals surface area contributed by atoms with Crippen LogP contribution >= 0.6 is 7.14 Å². The minimum absolute atomic E-state index is 0.00324. The first-order valence-electron chi connectivity index (χ1n) is 36.5. The summed E-state index contributed by atoms with van der Waals surface area (Å²) in [5.74, 6) is 14.8. The summed E-state index contributed by atoms with van der Waals surface area (Å²) in [7, 11) is 2.09. The highest BCUT2D eigenvalue weighted by Crippen LogP contribution is 2.54. The molecule has 1 N–H and O–H groups in total. The molecular formula is C78H119O17P. The topological polar surface area (TPSA) is 223 Å². The van der Waals surface area contributed by atoms with Gasteiger partial charge in [0.05, 0.1) is 52.9 Å². The van der Waals surface area contributed by atoms with E-state index in [1.165, 1.54) is 44.5 Å². The number of carbonyl (C=O) groups is 6. The third kappa shape index (κ3) is 27.2. The Morgan fingerprint density at radius 3 is 1.35 bits per heavy atom. The van der Waals surface area contributed by atoms with Crippen LogP contribution in [0, 0.1) is 88.8 Å². The first-order chi connectivity index (χ1) is 46.3. The second-order valence-electron chi connectivity index (χ2n) is 28.8. The van der Waals surface area contributed by atoms with Crippen LogP contribution in [-0.2, 0) is 76.0 Å². The minimum Gasteiger partial charge on any atom is -0.469 e.